The molecule has 0 bridgehead atoms. The second-order valence-corrected chi connectivity index (χ2v) is 2.21. The number of H-pyrrole nitrogens is 1. The van der Waals surface area contributed by atoms with E-state index < -0.39 is 0 Å². The number of hydrogen-bond acceptors (Lipinski definition) is 3. The van der Waals surface area contributed by atoms with E-state index in [4.69, 9.17) is 4.74 Å². The minimum atomic E-state index is 0.626. The molecule has 0 saturated carbocycles. The Labute approximate surface area is 69.2 Å². The van der Waals surface area contributed by atoms with Gasteiger partial charge in [-0.25, -0.2) is 5.10 Å². The van der Waals surface area contributed by atoms with E-state index in [0.29, 0.717) is 5.88 Å². The van der Waals surface area contributed by atoms with Crippen molar-refractivity contribution in [3.8, 4) is 11.6 Å². The van der Waals surface area contributed by atoms with Gasteiger partial charge in [0.2, 0.25) is 5.88 Å². The summed E-state index contributed by atoms with van der Waals surface area (Å²) < 4.78 is 5.36. The summed E-state index contributed by atoms with van der Waals surface area (Å²) in [7, 11) is 0. The third-order valence-corrected chi connectivity index (χ3v) is 1.35. The molecule has 0 aromatic carbocycles. The molecule has 60 valence electrons. The Bertz CT molecular complexity index is 330. The molecule has 4 heteroatoms. The third-order valence-electron chi connectivity index (χ3n) is 1.35. The average molecular weight is 161 g/mol. The minimum Gasteiger partial charge on any atom is -0.439 e. The molecule has 0 unspecified atom stereocenters. The summed E-state index contributed by atoms with van der Waals surface area (Å²) in [5, 5.41) is 6.45. The van der Waals surface area contributed by atoms with Crippen LogP contribution in [0, 0.1) is 0 Å². The lowest BCUT2D eigenvalue weighted by atomic mass is 10.4. The zero-order valence-corrected chi connectivity index (χ0v) is 6.27. The van der Waals surface area contributed by atoms with Crippen molar-refractivity contribution in [2.75, 3.05) is 0 Å². The Morgan fingerprint density at radius 1 is 1.08 bits per heavy atom. The van der Waals surface area contributed by atoms with Gasteiger partial charge in [-0.15, -0.1) is 0 Å². The van der Waals surface area contributed by atoms with Gasteiger partial charge in [0, 0.05) is 18.5 Å². The zero-order chi connectivity index (χ0) is 8.23. The molecule has 0 radical (unpaired) electrons. The summed E-state index contributed by atoms with van der Waals surface area (Å²) in [6, 6.07) is 5.31. The topological polar surface area (TPSA) is 50.8 Å². The van der Waals surface area contributed by atoms with Crippen LogP contribution in [0.25, 0.3) is 0 Å². The molecule has 0 aliphatic carbocycles. The van der Waals surface area contributed by atoms with Crippen LogP contribution in [0.3, 0.4) is 0 Å². The van der Waals surface area contributed by atoms with Crippen molar-refractivity contribution >= 4 is 0 Å². The normalized spacial score (nSPS) is 9.67. The lowest BCUT2D eigenvalue weighted by Crippen LogP contribution is -1.83. The van der Waals surface area contributed by atoms with Crippen molar-refractivity contribution in [3.63, 3.8) is 0 Å². The number of aromatic nitrogens is 3. The highest BCUT2D eigenvalue weighted by atomic mass is 16.5. The van der Waals surface area contributed by atoms with Gasteiger partial charge in [-0.3, -0.25) is 4.98 Å². The Balaban J connectivity index is 2.15. The van der Waals surface area contributed by atoms with Gasteiger partial charge in [-0.05, 0) is 12.1 Å². The number of pyridine rings is 1. The minimum absolute atomic E-state index is 0.626. The largest absolute Gasteiger partial charge is 0.439 e. The predicted molar refractivity (Wildman–Crippen MR) is 42.9 cm³/mol. The van der Waals surface area contributed by atoms with Crippen LogP contribution < -0.4 is 4.74 Å². The fourth-order valence-electron chi connectivity index (χ4n) is 0.833. The molecule has 2 rings (SSSR count). The third kappa shape index (κ3) is 1.42. The van der Waals surface area contributed by atoms with E-state index in [0.717, 1.165) is 5.75 Å². The van der Waals surface area contributed by atoms with Gasteiger partial charge < -0.3 is 4.74 Å². The van der Waals surface area contributed by atoms with Crippen LogP contribution in [-0.2, 0) is 0 Å². The summed E-state index contributed by atoms with van der Waals surface area (Å²) in [6.45, 7) is 0. The van der Waals surface area contributed by atoms with Crippen LogP contribution in [0.4, 0.5) is 0 Å². The molecule has 12 heavy (non-hydrogen) atoms. The fraction of sp³-hybridized carbons (Fsp3) is 0. The smallest absolute Gasteiger partial charge is 0.215 e. The molecule has 2 aromatic heterocycles. The standard InChI is InChI=1S/C8H7N3O/c1-4-9-5-2-7(1)12-8-3-6-10-11-8/h1-6H,(H,10,11). The first-order valence-electron chi connectivity index (χ1n) is 3.52. The average Bonchev–Trinajstić information content (AvgIpc) is 2.59. The van der Waals surface area contributed by atoms with E-state index in [-0.39, 0.29) is 0 Å². The first-order valence-corrected chi connectivity index (χ1v) is 3.52. The van der Waals surface area contributed by atoms with Crippen molar-refractivity contribution < 1.29 is 4.74 Å². The molecule has 2 heterocycles. The first-order chi connectivity index (χ1) is 5.95. The predicted octanol–water partition coefficient (Wildman–Crippen LogP) is 1.60. The van der Waals surface area contributed by atoms with Crippen molar-refractivity contribution in [2.24, 2.45) is 0 Å². The second-order valence-electron chi connectivity index (χ2n) is 2.21. The first kappa shape index (κ1) is 6.84. The molecule has 4 nitrogen and oxygen atoms in total. The Kier molecular flexibility index (Phi) is 1.74. The molecule has 0 aliphatic heterocycles. The van der Waals surface area contributed by atoms with Crippen LogP contribution in [0.2, 0.25) is 0 Å². The lowest BCUT2D eigenvalue weighted by Gasteiger charge is -1.99. The van der Waals surface area contributed by atoms with Gasteiger partial charge in [0.15, 0.2) is 0 Å². The Hall–Kier alpha value is -1.84. The highest BCUT2D eigenvalue weighted by Gasteiger charge is 1.94. The van der Waals surface area contributed by atoms with Crippen LogP contribution >= 0.6 is 0 Å². The maximum absolute atomic E-state index is 5.36. The number of rotatable bonds is 2. The molecule has 0 saturated heterocycles. The van der Waals surface area contributed by atoms with E-state index in [9.17, 15) is 0 Å². The quantitative estimate of drug-likeness (QED) is 0.727. The van der Waals surface area contributed by atoms with E-state index in [1.54, 1.807) is 36.8 Å². The van der Waals surface area contributed by atoms with Crippen molar-refractivity contribution in [3.05, 3.63) is 36.8 Å². The van der Waals surface area contributed by atoms with Crippen LogP contribution in [0.5, 0.6) is 11.6 Å². The molecule has 0 spiro atoms. The number of hydrogen-bond donors (Lipinski definition) is 1. The van der Waals surface area contributed by atoms with Crippen molar-refractivity contribution in [1.82, 2.24) is 15.2 Å². The van der Waals surface area contributed by atoms with Gasteiger partial charge in [-0.2, -0.15) is 5.10 Å². The molecular formula is C8H7N3O. The summed E-state index contributed by atoms with van der Waals surface area (Å²) in [4.78, 5) is 3.87. The molecule has 2 aromatic rings. The maximum Gasteiger partial charge on any atom is 0.215 e. The molecule has 0 atom stereocenters. The van der Waals surface area contributed by atoms with Gasteiger partial charge >= 0.3 is 0 Å². The number of nitrogens with one attached hydrogen (secondary N) is 1. The monoisotopic (exact) mass is 161 g/mol. The highest BCUT2D eigenvalue weighted by molar-refractivity contribution is 5.22. The Morgan fingerprint density at radius 3 is 2.58 bits per heavy atom. The fourth-order valence-corrected chi connectivity index (χ4v) is 0.833. The summed E-state index contributed by atoms with van der Waals surface area (Å²) in [5.74, 6) is 1.37. The van der Waals surface area contributed by atoms with Gasteiger partial charge in [0.1, 0.15) is 5.75 Å². The number of aromatic amines is 1. The molecule has 1 N–H and O–H groups in total. The summed E-state index contributed by atoms with van der Waals surface area (Å²) in [6.07, 6.45) is 4.98. The highest BCUT2D eigenvalue weighted by Crippen LogP contribution is 2.16. The summed E-state index contributed by atoms with van der Waals surface area (Å²) in [5.41, 5.74) is 0. The molecule has 0 amide bonds. The van der Waals surface area contributed by atoms with Crippen molar-refractivity contribution in [1.29, 1.82) is 0 Å². The van der Waals surface area contributed by atoms with Crippen LogP contribution in [0.1, 0.15) is 0 Å². The zero-order valence-electron chi connectivity index (χ0n) is 6.27. The number of nitrogens with zero attached hydrogens (tertiary/aromatic N) is 2. The Morgan fingerprint density at radius 2 is 1.92 bits per heavy atom. The maximum atomic E-state index is 5.36. The van der Waals surface area contributed by atoms with Gasteiger partial charge in [-0.1, -0.05) is 0 Å². The number of ether oxygens (including phenoxy) is 1. The van der Waals surface area contributed by atoms with Crippen molar-refractivity contribution in [2.45, 2.75) is 0 Å². The van der Waals surface area contributed by atoms with Crippen LogP contribution in [-0.4, -0.2) is 15.2 Å². The van der Waals surface area contributed by atoms with Gasteiger partial charge in [0.05, 0.1) is 6.20 Å². The lowest BCUT2D eigenvalue weighted by molar-refractivity contribution is 0.461. The molecule has 0 aliphatic rings. The molecular weight excluding hydrogens is 154 g/mol. The van der Waals surface area contributed by atoms with Gasteiger partial charge in [0.25, 0.3) is 0 Å². The van der Waals surface area contributed by atoms with E-state index >= 15 is 0 Å². The van der Waals surface area contributed by atoms with Crippen LogP contribution in [0.15, 0.2) is 36.8 Å². The molecule has 0 fully saturated rings. The SMILES string of the molecule is c1cc(Oc2ccn[nH]2)ccn1. The van der Waals surface area contributed by atoms with E-state index in [1.165, 1.54) is 0 Å². The summed E-state index contributed by atoms with van der Waals surface area (Å²) >= 11 is 0. The second kappa shape index (κ2) is 3.04. The van der Waals surface area contributed by atoms with E-state index in [1.807, 2.05) is 0 Å². The van der Waals surface area contributed by atoms with E-state index in [2.05, 4.69) is 15.2 Å².